The third-order valence-corrected chi connectivity index (χ3v) is 4.81. The zero-order chi connectivity index (χ0) is 18.5. The monoisotopic (exact) mass is 388 g/mol. The number of aryl methyl sites for hydroxylation is 2. The summed E-state index contributed by atoms with van der Waals surface area (Å²) in [5.74, 6) is 0. The first-order valence-corrected chi connectivity index (χ1v) is 9.34. The zero-order valence-electron chi connectivity index (χ0n) is 14.0. The number of benzene rings is 1. The molecule has 0 saturated carbocycles. The van der Waals surface area contributed by atoms with Crippen LogP contribution in [0.5, 0.6) is 0 Å². The lowest BCUT2D eigenvalue weighted by molar-refractivity contribution is 0.261. The Balaban J connectivity index is 1.57. The van der Waals surface area contributed by atoms with Crippen molar-refractivity contribution in [1.82, 2.24) is 9.97 Å². The van der Waals surface area contributed by atoms with Gasteiger partial charge in [-0.05, 0) is 32.0 Å². The van der Waals surface area contributed by atoms with Crippen LogP contribution < -0.4 is 21.3 Å². The molecule has 0 fully saturated rings. The van der Waals surface area contributed by atoms with Crippen LogP contribution in [0.25, 0.3) is 0 Å². The molecule has 2 aromatic heterocycles. The number of aromatic nitrogens is 2. The standard InChI is InChI=1S/C16H16N6O2S2/c1-9-7-25-15(17-9)21-13(23)19-11-4-3-5-12(6-11)20-14(24)22-16-18-10(2)8-26-16/h3-8H,1-2H3,(H2,17,19,21,23)(H2,18,20,22,24). The average Bonchev–Trinajstić information content (AvgIpc) is 3.15. The number of nitrogens with one attached hydrogen (secondary N) is 4. The van der Waals surface area contributed by atoms with Gasteiger partial charge in [0.1, 0.15) is 0 Å². The summed E-state index contributed by atoms with van der Waals surface area (Å²) in [6.07, 6.45) is 0. The average molecular weight is 388 g/mol. The van der Waals surface area contributed by atoms with Crippen LogP contribution in [-0.2, 0) is 0 Å². The maximum absolute atomic E-state index is 12.0. The Labute approximate surface area is 157 Å². The van der Waals surface area contributed by atoms with E-state index in [0.29, 0.717) is 21.6 Å². The summed E-state index contributed by atoms with van der Waals surface area (Å²) in [5, 5.41) is 15.5. The predicted molar refractivity (Wildman–Crippen MR) is 105 cm³/mol. The zero-order valence-corrected chi connectivity index (χ0v) is 15.6. The molecule has 0 aliphatic heterocycles. The molecule has 0 aliphatic rings. The fourth-order valence-electron chi connectivity index (χ4n) is 2.02. The van der Waals surface area contributed by atoms with E-state index in [0.717, 1.165) is 11.4 Å². The van der Waals surface area contributed by atoms with Gasteiger partial charge >= 0.3 is 12.1 Å². The third-order valence-electron chi connectivity index (χ3n) is 3.06. The minimum absolute atomic E-state index is 0.404. The topological polar surface area (TPSA) is 108 Å². The molecule has 26 heavy (non-hydrogen) atoms. The predicted octanol–water partition coefficient (Wildman–Crippen LogP) is 4.50. The maximum Gasteiger partial charge on any atom is 0.325 e. The van der Waals surface area contributed by atoms with Gasteiger partial charge < -0.3 is 10.6 Å². The molecule has 0 radical (unpaired) electrons. The van der Waals surface area contributed by atoms with E-state index in [1.54, 1.807) is 24.3 Å². The third kappa shape index (κ3) is 5.01. The molecule has 10 heteroatoms. The summed E-state index contributed by atoms with van der Waals surface area (Å²) in [6, 6.07) is 6.02. The Morgan fingerprint density at radius 1 is 0.808 bits per heavy atom. The van der Waals surface area contributed by atoms with Crippen molar-refractivity contribution in [2.75, 3.05) is 21.3 Å². The van der Waals surface area contributed by atoms with Gasteiger partial charge in [0.15, 0.2) is 10.3 Å². The normalized spacial score (nSPS) is 10.2. The molecule has 0 unspecified atom stereocenters. The second kappa shape index (κ2) is 7.93. The van der Waals surface area contributed by atoms with Crippen LogP contribution in [0.15, 0.2) is 35.0 Å². The van der Waals surface area contributed by atoms with Gasteiger partial charge in [-0.3, -0.25) is 10.6 Å². The Bertz CT molecular complexity index is 865. The van der Waals surface area contributed by atoms with E-state index in [4.69, 9.17) is 0 Å². The van der Waals surface area contributed by atoms with Crippen LogP contribution >= 0.6 is 22.7 Å². The summed E-state index contributed by atoms with van der Waals surface area (Å²) < 4.78 is 0. The lowest BCUT2D eigenvalue weighted by Gasteiger charge is -2.09. The van der Waals surface area contributed by atoms with Crippen LogP contribution in [0.1, 0.15) is 11.4 Å². The summed E-state index contributed by atoms with van der Waals surface area (Å²) in [6.45, 7) is 3.71. The first-order valence-electron chi connectivity index (χ1n) is 7.58. The van der Waals surface area contributed by atoms with Crippen molar-refractivity contribution in [3.8, 4) is 0 Å². The van der Waals surface area contributed by atoms with Crippen LogP contribution in [0.3, 0.4) is 0 Å². The van der Waals surface area contributed by atoms with Crippen molar-refractivity contribution in [1.29, 1.82) is 0 Å². The molecule has 4 N–H and O–H groups in total. The molecule has 3 aromatic rings. The van der Waals surface area contributed by atoms with Gasteiger partial charge in [0.25, 0.3) is 0 Å². The van der Waals surface area contributed by atoms with E-state index in [9.17, 15) is 9.59 Å². The number of anilines is 4. The van der Waals surface area contributed by atoms with Crippen LogP contribution in [0.4, 0.5) is 31.2 Å². The van der Waals surface area contributed by atoms with E-state index < -0.39 is 12.1 Å². The highest BCUT2D eigenvalue weighted by molar-refractivity contribution is 7.14. The smallest absolute Gasteiger partial charge is 0.308 e. The summed E-state index contributed by atoms with van der Waals surface area (Å²) >= 11 is 2.70. The minimum Gasteiger partial charge on any atom is -0.308 e. The van der Waals surface area contributed by atoms with Crippen molar-refractivity contribution < 1.29 is 9.59 Å². The number of carbonyl (C=O) groups excluding carboxylic acids is 2. The first kappa shape index (κ1) is 17.8. The van der Waals surface area contributed by atoms with E-state index in [1.165, 1.54) is 22.7 Å². The number of rotatable bonds is 4. The number of nitrogens with zero attached hydrogens (tertiary/aromatic N) is 2. The fourth-order valence-corrected chi connectivity index (χ4v) is 3.38. The number of carbonyl (C=O) groups is 2. The highest BCUT2D eigenvalue weighted by Gasteiger charge is 2.08. The van der Waals surface area contributed by atoms with Gasteiger partial charge in [-0.2, -0.15) is 0 Å². The molecule has 8 nitrogen and oxygen atoms in total. The van der Waals surface area contributed by atoms with Crippen molar-refractivity contribution in [3.63, 3.8) is 0 Å². The molecule has 0 atom stereocenters. The Morgan fingerprint density at radius 3 is 1.65 bits per heavy atom. The first-order chi connectivity index (χ1) is 12.5. The van der Waals surface area contributed by atoms with Gasteiger partial charge in [0.05, 0.1) is 11.4 Å². The number of amides is 4. The molecule has 2 heterocycles. The highest BCUT2D eigenvalue weighted by Crippen LogP contribution is 2.19. The summed E-state index contributed by atoms with van der Waals surface area (Å²) in [7, 11) is 0. The van der Waals surface area contributed by atoms with Gasteiger partial charge in [-0.1, -0.05) is 6.07 Å². The van der Waals surface area contributed by atoms with Gasteiger partial charge in [0, 0.05) is 22.1 Å². The molecule has 134 valence electrons. The number of thiazole rings is 2. The van der Waals surface area contributed by atoms with Gasteiger partial charge in [-0.15, -0.1) is 22.7 Å². The fraction of sp³-hybridized carbons (Fsp3) is 0.125. The second-order valence-electron chi connectivity index (χ2n) is 5.33. The van der Waals surface area contributed by atoms with Crippen LogP contribution in [0.2, 0.25) is 0 Å². The molecular formula is C16H16N6O2S2. The van der Waals surface area contributed by atoms with E-state index in [-0.39, 0.29) is 0 Å². The van der Waals surface area contributed by atoms with Crippen molar-refractivity contribution in [3.05, 3.63) is 46.4 Å². The second-order valence-corrected chi connectivity index (χ2v) is 7.04. The lowest BCUT2D eigenvalue weighted by Crippen LogP contribution is -2.21. The molecule has 0 bridgehead atoms. The van der Waals surface area contributed by atoms with Crippen LogP contribution in [-0.4, -0.2) is 22.0 Å². The highest BCUT2D eigenvalue weighted by atomic mass is 32.1. The van der Waals surface area contributed by atoms with Gasteiger partial charge in [0.2, 0.25) is 0 Å². The molecule has 0 spiro atoms. The number of urea groups is 2. The van der Waals surface area contributed by atoms with Crippen molar-refractivity contribution in [2.24, 2.45) is 0 Å². The Morgan fingerprint density at radius 2 is 1.27 bits per heavy atom. The molecule has 3 rings (SSSR count). The summed E-state index contributed by atoms with van der Waals surface area (Å²) in [4.78, 5) is 32.3. The van der Waals surface area contributed by atoms with E-state index in [1.807, 2.05) is 24.6 Å². The van der Waals surface area contributed by atoms with Crippen LogP contribution in [0, 0.1) is 13.8 Å². The molecular weight excluding hydrogens is 372 g/mol. The molecule has 0 aliphatic carbocycles. The van der Waals surface area contributed by atoms with Crippen molar-refractivity contribution in [2.45, 2.75) is 13.8 Å². The van der Waals surface area contributed by atoms with Gasteiger partial charge in [-0.25, -0.2) is 19.6 Å². The maximum atomic E-state index is 12.0. The van der Waals surface area contributed by atoms with Crippen molar-refractivity contribution >= 4 is 56.4 Å². The van der Waals surface area contributed by atoms with E-state index in [2.05, 4.69) is 31.2 Å². The largest absolute Gasteiger partial charge is 0.325 e. The lowest BCUT2D eigenvalue weighted by atomic mass is 10.3. The Kier molecular flexibility index (Phi) is 5.44. The number of hydrogen-bond acceptors (Lipinski definition) is 6. The molecule has 4 amide bonds. The SMILES string of the molecule is Cc1csc(NC(=O)Nc2cccc(NC(=O)Nc3nc(C)cs3)c2)n1. The molecule has 1 aromatic carbocycles. The minimum atomic E-state index is -0.404. The van der Waals surface area contributed by atoms with E-state index >= 15 is 0 Å². The summed E-state index contributed by atoms with van der Waals surface area (Å²) in [5.41, 5.74) is 2.77. The number of hydrogen-bond donors (Lipinski definition) is 4. The molecule has 0 saturated heterocycles. The Hall–Kier alpha value is -2.98. The quantitative estimate of drug-likeness (QED) is 0.527.